The Kier molecular flexibility index (Phi) is 2.86. The Bertz CT molecular complexity index is 835. The predicted octanol–water partition coefficient (Wildman–Crippen LogP) is 0.963. The Hall–Kier alpha value is -2.56. The quantitative estimate of drug-likeness (QED) is 0.709. The molecule has 7 nitrogen and oxygen atoms in total. The second-order valence-electron chi connectivity index (χ2n) is 3.98. The number of halogens is 3. The molecule has 0 saturated carbocycles. The predicted molar refractivity (Wildman–Crippen MR) is 68.8 cm³/mol. The topological polar surface area (TPSA) is 86.9 Å². The molecule has 0 aliphatic heterocycles. The second kappa shape index (κ2) is 4.48. The average Bonchev–Trinajstić information content (AvgIpc) is 3.04. The Morgan fingerprint density at radius 3 is 2.62 bits per heavy atom. The lowest BCUT2D eigenvalue weighted by molar-refractivity contribution is -0.141. The van der Waals surface area contributed by atoms with Crippen LogP contribution in [0.15, 0.2) is 24.8 Å². The highest BCUT2D eigenvalue weighted by molar-refractivity contribution is 7.80. The first kappa shape index (κ1) is 13.4. The van der Waals surface area contributed by atoms with E-state index in [0.717, 1.165) is 10.6 Å². The monoisotopic (exact) mass is 313 g/mol. The van der Waals surface area contributed by atoms with Crippen molar-refractivity contribution < 1.29 is 13.2 Å². The number of thiocarbonyl (C=S) groups is 1. The van der Waals surface area contributed by atoms with Gasteiger partial charge in [0.15, 0.2) is 11.5 Å². The van der Waals surface area contributed by atoms with Crippen molar-refractivity contribution in [3.63, 3.8) is 0 Å². The Morgan fingerprint density at radius 1 is 1.24 bits per heavy atom. The van der Waals surface area contributed by atoms with Crippen LogP contribution in [0.4, 0.5) is 13.2 Å². The van der Waals surface area contributed by atoms with E-state index in [1.54, 1.807) is 0 Å². The minimum absolute atomic E-state index is 0.0230. The first-order valence-corrected chi connectivity index (χ1v) is 5.90. The van der Waals surface area contributed by atoms with E-state index in [9.17, 15) is 13.2 Å². The molecule has 0 radical (unpaired) electrons. The van der Waals surface area contributed by atoms with Crippen molar-refractivity contribution in [2.75, 3.05) is 0 Å². The van der Waals surface area contributed by atoms with Crippen LogP contribution < -0.4 is 5.73 Å². The van der Waals surface area contributed by atoms with Gasteiger partial charge in [0.05, 0.1) is 0 Å². The molecule has 3 rings (SSSR count). The molecule has 3 aromatic rings. The number of aromatic nitrogens is 6. The van der Waals surface area contributed by atoms with Gasteiger partial charge < -0.3 is 5.73 Å². The van der Waals surface area contributed by atoms with E-state index >= 15 is 0 Å². The normalized spacial score (nSPS) is 12.0. The van der Waals surface area contributed by atoms with E-state index in [4.69, 9.17) is 18.0 Å². The molecule has 21 heavy (non-hydrogen) atoms. The first-order valence-electron chi connectivity index (χ1n) is 5.49. The van der Waals surface area contributed by atoms with Gasteiger partial charge in [-0.15, -0.1) is 5.10 Å². The fourth-order valence-electron chi connectivity index (χ4n) is 1.70. The third-order valence-corrected chi connectivity index (χ3v) is 2.77. The molecule has 0 aliphatic carbocycles. The van der Waals surface area contributed by atoms with Gasteiger partial charge in [-0.3, -0.25) is 0 Å². The van der Waals surface area contributed by atoms with E-state index in [1.807, 2.05) is 0 Å². The van der Waals surface area contributed by atoms with Crippen molar-refractivity contribution in [3.8, 4) is 5.82 Å². The zero-order valence-electron chi connectivity index (χ0n) is 10.1. The van der Waals surface area contributed by atoms with Gasteiger partial charge in [-0.1, -0.05) is 12.2 Å². The fourth-order valence-corrected chi connectivity index (χ4v) is 1.79. The third-order valence-electron chi connectivity index (χ3n) is 2.59. The highest BCUT2D eigenvalue weighted by Gasteiger charge is 2.34. The van der Waals surface area contributed by atoms with Gasteiger partial charge in [0.25, 0.3) is 0 Å². The molecule has 0 fully saturated rings. The maximum absolute atomic E-state index is 12.7. The van der Waals surface area contributed by atoms with Gasteiger partial charge in [-0.05, 0) is 0 Å². The van der Waals surface area contributed by atoms with Crippen LogP contribution in [0.2, 0.25) is 0 Å². The Balaban J connectivity index is 2.18. The van der Waals surface area contributed by atoms with Crippen molar-refractivity contribution in [1.29, 1.82) is 0 Å². The largest absolute Gasteiger partial charge is 0.435 e. The van der Waals surface area contributed by atoms with Crippen molar-refractivity contribution in [1.82, 2.24) is 29.4 Å². The van der Waals surface area contributed by atoms with Crippen molar-refractivity contribution >= 4 is 22.7 Å². The summed E-state index contributed by atoms with van der Waals surface area (Å²) in [7, 11) is 0. The zero-order chi connectivity index (χ0) is 15.2. The van der Waals surface area contributed by atoms with Crippen LogP contribution in [0.1, 0.15) is 11.5 Å². The minimum Gasteiger partial charge on any atom is -0.387 e. The number of fused-ring (bicyclic) bond motifs is 1. The van der Waals surface area contributed by atoms with Crippen LogP contribution in [0.25, 0.3) is 11.3 Å². The summed E-state index contributed by atoms with van der Waals surface area (Å²) in [6.07, 6.45) is -0.677. The van der Waals surface area contributed by atoms with Crippen LogP contribution in [-0.2, 0) is 6.18 Å². The molecule has 0 bridgehead atoms. The van der Waals surface area contributed by atoms with Crippen LogP contribution in [0.3, 0.4) is 0 Å². The van der Waals surface area contributed by atoms with Crippen molar-refractivity contribution in [3.05, 3.63) is 36.3 Å². The Morgan fingerprint density at radius 2 is 2.00 bits per heavy atom. The van der Waals surface area contributed by atoms with Crippen molar-refractivity contribution in [2.45, 2.75) is 6.18 Å². The molecule has 0 aromatic carbocycles. The molecule has 0 unspecified atom stereocenters. The average molecular weight is 313 g/mol. The van der Waals surface area contributed by atoms with Gasteiger partial charge in [0.1, 0.15) is 16.8 Å². The van der Waals surface area contributed by atoms with Gasteiger partial charge in [-0.2, -0.15) is 23.0 Å². The molecule has 0 aliphatic rings. The summed E-state index contributed by atoms with van der Waals surface area (Å²) in [6, 6.07) is 0.879. The zero-order valence-corrected chi connectivity index (χ0v) is 10.9. The van der Waals surface area contributed by atoms with Gasteiger partial charge >= 0.3 is 6.18 Å². The molecule has 0 amide bonds. The molecule has 0 spiro atoms. The van der Waals surface area contributed by atoms with Gasteiger partial charge in [-0.25, -0.2) is 14.5 Å². The molecular formula is C10H6F3N7S. The molecule has 108 valence electrons. The van der Waals surface area contributed by atoms with Crippen LogP contribution in [-0.4, -0.2) is 34.4 Å². The van der Waals surface area contributed by atoms with Crippen molar-refractivity contribution in [2.24, 2.45) is 5.73 Å². The summed E-state index contributed by atoms with van der Waals surface area (Å²) in [5.74, 6) is 0.236. The van der Waals surface area contributed by atoms with Crippen LogP contribution >= 0.6 is 12.2 Å². The van der Waals surface area contributed by atoms with E-state index in [2.05, 4.69) is 20.2 Å². The maximum atomic E-state index is 12.7. The highest BCUT2D eigenvalue weighted by atomic mass is 32.1. The minimum atomic E-state index is -4.55. The van der Waals surface area contributed by atoms with E-state index in [-0.39, 0.29) is 22.1 Å². The summed E-state index contributed by atoms with van der Waals surface area (Å²) in [5, 5.41) is 7.41. The van der Waals surface area contributed by atoms with E-state index in [1.165, 1.54) is 23.4 Å². The second-order valence-corrected chi connectivity index (χ2v) is 4.42. The van der Waals surface area contributed by atoms with Crippen LogP contribution in [0.5, 0.6) is 0 Å². The van der Waals surface area contributed by atoms with Gasteiger partial charge in [0.2, 0.25) is 5.82 Å². The first-order chi connectivity index (χ1) is 9.86. The number of nitrogens with two attached hydrogens (primary N) is 1. The standard InChI is InChI=1S/C10H6F3N7S/c11-10(12,13)6-3-5-9(15-1-2-19(5)17-6)20-4-16-8(18-20)7(14)21/h1-4H,(H2,14,21). The summed E-state index contributed by atoms with van der Waals surface area (Å²) in [5.41, 5.74) is 4.49. The fraction of sp³-hybridized carbons (Fsp3) is 0.100. The highest BCUT2D eigenvalue weighted by Crippen LogP contribution is 2.29. The summed E-state index contributed by atoms with van der Waals surface area (Å²) >= 11 is 4.73. The molecule has 0 atom stereocenters. The molecule has 11 heteroatoms. The van der Waals surface area contributed by atoms with Gasteiger partial charge in [0, 0.05) is 18.5 Å². The Labute approximate surface area is 120 Å². The van der Waals surface area contributed by atoms with E-state index in [0.29, 0.717) is 0 Å². The number of hydrogen-bond acceptors (Lipinski definition) is 5. The number of nitrogens with zero attached hydrogens (tertiary/aromatic N) is 6. The summed E-state index contributed by atoms with van der Waals surface area (Å²) in [6.45, 7) is 0. The lowest BCUT2D eigenvalue weighted by atomic mass is 10.4. The molecular weight excluding hydrogens is 307 g/mol. The van der Waals surface area contributed by atoms with Crippen LogP contribution in [0, 0.1) is 0 Å². The molecule has 0 saturated heterocycles. The number of alkyl halides is 3. The molecule has 3 aromatic heterocycles. The maximum Gasteiger partial charge on any atom is 0.435 e. The lowest BCUT2D eigenvalue weighted by Crippen LogP contribution is -2.12. The number of rotatable bonds is 2. The molecule has 2 N–H and O–H groups in total. The summed E-state index contributed by atoms with van der Waals surface area (Å²) in [4.78, 5) is 7.82. The summed E-state index contributed by atoms with van der Waals surface area (Å²) < 4.78 is 40.4. The SMILES string of the molecule is NC(=S)c1ncn(-c2nccn3nc(C(F)(F)F)cc23)n1. The number of hydrogen-bond donors (Lipinski definition) is 1. The molecule has 3 heterocycles. The third kappa shape index (κ3) is 2.31. The lowest BCUT2D eigenvalue weighted by Gasteiger charge is -2.00. The van der Waals surface area contributed by atoms with E-state index < -0.39 is 11.9 Å². The smallest absolute Gasteiger partial charge is 0.387 e.